The third-order valence-electron chi connectivity index (χ3n) is 4.58. The van der Waals surface area contributed by atoms with Gasteiger partial charge in [0.2, 0.25) is 0 Å². The Balaban J connectivity index is 1.89. The lowest BCUT2D eigenvalue weighted by molar-refractivity contribution is 0.425. The van der Waals surface area contributed by atoms with Gasteiger partial charge in [0, 0.05) is 0 Å². The molecule has 2 atom stereocenters. The molecular weight excluding hydrogens is 216 g/mol. The fourth-order valence-electron chi connectivity index (χ4n) is 3.36. The second-order valence-corrected chi connectivity index (χ2v) is 6.01. The van der Waals surface area contributed by atoms with Gasteiger partial charge in [-0.05, 0) is 50.4 Å². The average Bonchev–Trinajstić information content (AvgIpc) is 2.42. The first kappa shape index (κ1) is 13.6. The van der Waals surface area contributed by atoms with Crippen molar-refractivity contribution in [2.45, 2.75) is 65.2 Å². The summed E-state index contributed by atoms with van der Waals surface area (Å²) in [6.45, 7) is 4.72. The van der Waals surface area contributed by atoms with Gasteiger partial charge in [0.15, 0.2) is 0 Å². The smallest absolute Gasteiger partial charge is 0.0160 e. The van der Waals surface area contributed by atoms with Crippen molar-refractivity contribution in [1.29, 1.82) is 0 Å². The van der Waals surface area contributed by atoms with Gasteiger partial charge in [-0.1, -0.05) is 62.1 Å². The van der Waals surface area contributed by atoms with E-state index in [2.05, 4.69) is 38.2 Å². The van der Waals surface area contributed by atoms with E-state index in [9.17, 15) is 0 Å². The summed E-state index contributed by atoms with van der Waals surface area (Å²) in [5, 5.41) is 0. The Morgan fingerprint density at radius 3 is 2.83 bits per heavy atom. The second-order valence-electron chi connectivity index (χ2n) is 6.01. The van der Waals surface area contributed by atoms with Gasteiger partial charge in [-0.2, -0.15) is 0 Å². The molecule has 0 aliphatic heterocycles. The van der Waals surface area contributed by atoms with Gasteiger partial charge in [0.1, 0.15) is 0 Å². The monoisotopic (exact) mass is 244 g/mol. The average molecular weight is 244 g/mol. The van der Waals surface area contributed by atoms with E-state index in [0.717, 1.165) is 11.8 Å². The number of hydrogen-bond donors (Lipinski definition) is 0. The van der Waals surface area contributed by atoms with Crippen LogP contribution in [0.15, 0.2) is 35.5 Å². The maximum absolute atomic E-state index is 2.56. The normalized spacial score (nSPS) is 27.9. The molecule has 100 valence electrons. The van der Waals surface area contributed by atoms with Crippen LogP contribution in [0.1, 0.15) is 65.2 Å². The zero-order valence-corrected chi connectivity index (χ0v) is 12.1. The molecule has 0 fully saturated rings. The van der Waals surface area contributed by atoms with E-state index in [1.54, 1.807) is 11.1 Å². The van der Waals surface area contributed by atoms with Gasteiger partial charge in [0.05, 0.1) is 0 Å². The molecule has 0 bridgehead atoms. The summed E-state index contributed by atoms with van der Waals surface area (Å²) in [5.41, 5.74) is 3.44. The van der Waals surface area contributed by atoms with Crippen molar-refractivity contribution < 1.29 is 0 Å². The molecular formula is C18H28. The molecule has 18 heavy (non-hydrogen) atoms. The Labute approximate surface area is 113 Å². The summed E-state index contributed by atoms with van der Waals surface area (Å²) < 4.78 is 0. The summed E-state index contributed by atoms with van der Waals surface area (Å²) in [6.07, 6.45) is 20.2. The van der Waals surface area contributed by atoms with Gasteiger partial charge in [0.25, 0.3) is 0 Å². The SMILES string of the molecule is CCCCCC1=CCC(C2=CC=CCC2)C[C@H]1C. The summed E-state index contributed by atoms with van der Waals surface area (Å²) in [7, 11) is 0. The van der Waals surface area contributed by atoms with Crippen LogP contribution in [0, 0.1) is 11.8 Å². The van der Waals surface area contributed by atoms with Gasteiger partial charge in [-0.15, -0.1) is 0 Å². The van der Waals surface area contributed by atoms with E-state index in [1.807, 2.05) is 0 Å². The molecule has 0 N–H and O–H groups in total. The molecule has 0 heteroatoms. The summed E-state index contributed by atoms with van der Waals surface area (Å²) >= 11 is 0. The first-order chi connectivity index (χ1) is 8.81. The van der Waals surface area contributed by atoms with E-state index in [1.165, 1.54) is 51.4 Å². The molecule has 0 saturated carbocycles. The maximum atomic E-state index is 2.56. The fraction of sp³-hybridized carbons (Fsp3) is 0.667. The third-order valence-corrected chi connectivity index (χ3v) is 4.58. The minimum absolute atomic E-state index is 0.812. The first-order valence-corrected chi connectivity index (χ1v) is 7.85. The molecule has 0 amide bonds. The number of unbranched alkanes of at least 4 members (excludes halogenated alkanes) is 2. The molecule has 0 heterocycles. The lowest BCUT2D eigenvalue weighted by Gasteiger charge is -2.30. The van der Waals surface area contributed by atoms with Crippen LogP contribution in [-0.2, 0) is 0 Å². The summed E-state index contributed by atoms with van der Waals surface area (Å²) in [4.78, 5) is 0. The van der Waals surface area contributed by atoms with Crippen LogP contribution in [-0.4, -0.2) is 0 Å². The van der Waals surface area contributed by atoms with Crippen molar-refractivity contribution in [2.75, 3.05) is 0 Å². The highest BCUT2D eigenvalue weighted by molar-refractivity contribution is 5.23. The fourth-order valence-corrected chi connectivity index (χ4v) is 3.36. The zero-order valence-electron chi connectivity index (χ0n) is 12.1. The van der Waals surface area contributed by atoms with Gasteiger partial charge < -0.3 is 0 Å². The summed E-state index contributed by atoms with van der Waals surface area (Å²) in [5.74, 6) is 1.65. The molecule has 0 saturated heterocycles. The minimum atomic E-state index is 0.812. The predicted molar refractivity (Wildman–Crippen MR) is 80.6 cm³/mol. The zero-order chi connectivity index (χ0) is 12.8. The van der Waals surface area contributed by atoms with Crippen LogP contribution >= 0.6 is 0 Å². The van der Waals surface area contributed by atoms with Crippen LogP contribution in [0.4, 0.5) is 0 Å². The van der Waals surface area contributed by atoms with E-state index in [-0.39, 0.29) is 0 Å². The van der Waals surface area contributed by atoms with E-state index in [0.29, 0.717) is 0 Å². The Kier molecular flexibility index (Phi) is 5.28. The highest BCUT2D eigenvalue weighted by Gasteiger charge is 2.23. The highest BCUT2D eigenvalue weighted by atomic mass is 14.3. The predicted octanol–water partition coefficient (Wildman–Crippen LogP) is 5.82. The number of allylic oxidation sites excluding steroid dienone is 6. The van der Waals surface area contributed by atoms with Crippen molar-refractivity contribution in [2.24, 2.45) is 11.8 Å². The molecule has 0 radical (unpaired) electrons. The van der Waals surface area contributed by atoms with Crippen LogP contribution in [0.25, 0.3) is 0 Å². The molecule has 2 aliphatic carbocycles. The summed E-state index contributed by atoms with van der Waals surface area (Å²) in [6, 6.07) is 0. The molecule has 0 aromatic rings. The first-order valence-electron chi connectivity index (χ1n) is 7.85. The molecule has 0 nitrogen and oxygen atoms in total. The quantitative estimate of drug-likeness (QED) is 0.422. The lowest BCUT2D eigenvalue weighted by atomic mass is 9.75. The Bertz CT molecular complexity index is 343. The molecule has 2 aliphatic rings. The third kappa shape index (κ3) is 3.60. The molecule has 0 aromatic heterocycles. The molecule has 2 rings (SSSR count). The van der Waals surface area contributed by atoms with Crippen molar-refractivity contribution in [3.8, 4) is 0 Å². The number of rotatable bonds is 5. The van der Waals surface area contributed by atoms with Gasteiger partial charge >= 0.3 is 0 Å². The van der Waals surface area contributed by atoms with Crippen LogP contribution in [0.3, 0.4) is 0 Å². The van der Waals surface area contributed by atoms with Crippen LogP contribution < -0.4 is 0 Å². The van der Waals surface area contributed by atoms with Crippen molar-refractivity contribution >= 4 is 0 Å². The van der Waals surface area contributed by atoms with Crippen molar-refractivity contribution in [3.05, 3.63) is 35.5 Å². The lowest BCUT2D eigenvalue weighted by Crippen LogP contribution is -2.16. The molecule has 0 spiro atoms. The van der Waals surface area contributed by atoms with Crippen LogP contribution in [0.5, 0.6) is 0 Å². The maximum Gasteiger partial charge on any atom is -0.0160 e. The second kappa shape index (κ2) is 6.97. The van der Waals surface area contributed by atoms with Gasteiger partial charge in [-0.3, -0.25) is 0 Å². The Morgan fingerprint density at radius 2 is 2.17 bits per heavy atom. The van der Waals surface area contributed by atoms with Crippen LogP contribution in [0.2, 0.25) is 0 Å². The Hall–Kier alpha value is -0.780. The standard InChI is InChI=1S/C18H28/c1-3-4-6-9-16-12-13-18(14-15(16)2)17-10-7-5-8-11-17/h5,7,10,12,15,18H,3-4,6,8-9,11,13-14H2,1-2H3/t15-,18?/m1/s1. The van der Waals surface area contributed by atoms with E-state index in [4.69, 9.17) is 0 Å². The van der Waals surface area contributed by atoms with Gasteiger partial charge in [-0.25, -0.2) is 0 Å². The Morgan fingerprint density at radius 1 is 1.28 bits per heavy atom. The topological polar surface area (TPSA) is 0 Å². The van der Waals surface area contributed by atoms with E-state index < -0.39 is 0 Å². The minimum Gasteiger partial charge on any atom is -0.0845 e. The molecule has 0 aromatic carbocycles. The van der Waals surface area contributed by atoms with Crippen molar-refractivity contribution in [3.63, 3.8) is 0 Å². The van der Waals surface area contributed by atoms with Crippen molar-refractivity contribution in [1.82, 2.24) is 0 Å². The molecule has 1 unspecified atom stereocenters. The largest absolute Gasteiger partial charge is 0.0845 e. The highest BCUT2D eigenvalue weighted by Crippen LogP contribution is 2.37. The van der Waals surface area contributed by atoms with E-state index >= 15 is 0 Å². The number of hydrogen-bond acceptors (Lipinski definition) is 0.